The molecule has 0 radical (unpaired) electrons. The Kier molecular flexibility index (Phi) is 5.59. The SMILES string of the molecule is COc1ccccc1NC(=O)CSC1=NC(C)=NC2=[N+](C)C(=O)N(C)C(=O)C12. The van der Waals surface area contributed by atoms with Crippen LogP contribution in [-0.2, 0) is 9.59 Å². The summed E-state index contributed by atoms with van der Waals surface area (Å²) in [6.45, 7) is 1.68. The molecular weight excluding hydrogens is 382 g/mol. The zero-order valence-corrected chi connectivity index (χ0v) is 16.7. The number of anilines is 1. The monoisotopic (exact) mass is 402 g/mol. The van der Waals surface area contributed by atoms with E-state index >= 15 is 0 Å². The van der Waals surface area contributed by atoms with Gasteiger partial charge in [-0.05, 0) is 12.1 Å². The van der Waals surface area contributed by atoms with Crippen LogP contribution in [-0.4, -0.2) is 71.0 Å². The molecule has 146 valence electrons. The van der Waals surface area contributed by atoms with Gasteiger partial charge in [-0.3, -0.25) is 9.59 Å². The fraction of sp³-hybridized carbons (Fsp3) is 0.333. The number of ether oxygens (including phenoxy) is 1. The average molecular weight is 402 g/mol. The van der Waals surface area contributed by atoms with Gasteiger partial charge >= 0.3 is 11.9 Å². The maximum atomic E-state index is 12.6. The highest BCUT2D eigenvalue weighted by Gasteiger charge is 2.48. The lowest BCUT2D eigenvalue weighted by Crippen LogP contribution is -2.54. The van der Waals surface area contributed by atoms with Gasteiger partial charge in [-0.2, -0.15) is 9.48 Å². The van der Waals surface area contributed by atoms with Crippen molar-refractivity contribution in [3.05, 3.63) is 24.3 Å². The molecule has 10 heteroatoms. The number of nitrogens with zero attached hydrogens (tertiary/aromatic N) is 4. The van der Waals surface area contributed by atoms with Crippen LogP contribution in [0.15, 0.2) is 34.3 Å². The van der Waals surface area contributed by atoms with Crippen molar-refractivity contribution in [2.75, 3.05) is 32.3 Å². The molecule has 1 aromatic rings. The molecule has 1 N–H and O–H groups in total. The van der Waals surface area contributed by atoms with Crippen molar-refractivity contribution < 1.29 is 23.7 Å². The summed E-state index contributed by atoms with van der Waals surface area (Å²) in [7, 11) is 4.51. The molecule has 2 heterocycles. The quantitative estimate of drug-likeness (QED) is 0.768. The number of urea groups is 1. The number of methoxy groups -OCH3 is 1. The van der Waals surface area contributed by atoms with Crippen LogP contribution in [0.2, 0.25) is 0 Å². The lowest BCUT2D eigenvalue weighted by molar-refractivity contribution is -0.407. The van der Waals surface area contributed by atoms with E-state index in [1.54, 1.807) is 32.2 Å². The van der Waals surface area contributed by atoms with E-state index in [1.807, 2.05) is 6.07 Å². The van der Waals surface area contributed by atoms with E-state index in [0.717, 1.165) is 16.7 Å². The van der Waals surface area contributed by atoms with Gasteiger partial charge in [0.05, 0.1) is 32.6 Å². The first-order valence-electron chi connectivity index (χ1n) is 8.45. The number of nitrogens with one attached hydrogen (secondary N) is 1. The Labute approximate surface area is 166 Å². The minimum atomic E-state index is -0.791. The van der Waals surface area contributed by atoms with Crippen LogP contribution in [0, 0.1) is 5.92 Å². The number of aliphatic imine (C=N–C) groups is 2. The Hall–Kier alpha value is -3.01. The number of amides is 4. The number of fused-ring (bicyclic) bond motifs is 1. The third-order valence-electron chi connectivity index (χ3n) is 4.28. The summed E-state index contributed by atoms with van der Waals surface area (Å²) in [5, 5.41) is 3.22. The standard InChI is InChI=1S/C18H19N5O4S/c1-10-19-15-14(17(25)23(3)18(26)22(15)2)16(20-10)28-9-13(24)21-11-7-5-6-8-12(11)27-4/h5-8,14H,9H2,1-4H3/p+1. The zero-order chi connectivity index (χ0) is 20.4. The molecule has 0 aliphatic carbocycles. The molecule has 2 aliphatic heterocycles. The number of hydrogen-bond acceptors (Lipinski definition) is 7. The highest BCUT2D eigenvalue weighted by molar-refractivity contribution is 8.14. The number of amidine groups is 2. The van der Waals surface area contributed by atoms with Crippen LogP contribution < -0.4 is 10.1 Å². The van der Waals surface area contributed by atoms with Crippen molar-refractivity contribution in [2.45, 2.75) is 6.92 Å². The van der Waals surface area contributed by atoms with Crippen LogP contribution in [0.1, 0.15) is 6.92 Å². The van der Waals surface area contributed by atoms with Crippen LogP contribution in [0.25, 0.3) is 0 Å². The van der Waals surface area contributed by atoms with Crippen LogP contribution in [0.4, 0.5) is 10.5 Å². The third kappa shape index (κ3) is 3.68. The van der Waals surface area contributed by atoms with E-state index in [0.29, 0.717) is 28.2 Å². The summed E-state index contributed by atoms with van der Waals surface area (Å²) in [6, 6.07) is 6.64. The highest BCUT2D eigenvalue weighted by Crippen LogP contribution is 2.26. The molecule has 28 heavy (non-hydrogen) atoms. The smallest absolute Gasteiger partial charge is 0.445 e. The average Bonchev–Trinajstić information content (AvgIpc) is 2.69. The molecular formula is C18H20N5O4S+. The molecule has 0 fully saturated rings. The van der Waals surface area contributed by atoms with Crippen LogP contribution >= 0.6 is 11.8 Å². The third-order valence-corrected chi connectivity index (χ3v) is 5.31. The number of imide groups is 1. The zero-order valence-electron chi connectivity index (χ0n) is 15.9. The van der Waals surface area contributed by atoms with Gasteiger partial charge in [0.25, 0.3) is 5.84 Å². The largest absolute Gasteiger partial charge is 0.495 e. The predicted octanol–water partition coefficient (Wildman–Crippen LogP) is 1.45. The Morgan fingerprint density at radius 2 is 2.04 bits per heavy atom. The Balaban J connectivity index is 1.77. The van der Waals surface area contributed by atoms with Gasteiger partial charge in [-0.1, -0.05) is 28.9 Å². The second-order valence-corrected chi connectivity index (χ2v) is 7.17. The van der Waals surface area contributed by atoms with Gasteiger partial charge < -0.3 is 10.1 Å². The molecule has 1 aromatic carbocycles. The Morgan fingerprint density at radius 3 is 2.75 bits per heavy atom. The molecule has 0 aromatic heterocycles. The second kappa shape index (κ2) is 7.93. The van der Waals surface area contributed by atoms with Crippen molar-refractivity contribution in [2.24, 2.45) is 15.9 Å². The number of hydrogen-bond donors (Lipinski definition) is 1. The Morgan fingerprint density at radius 1 is 1.32 bits per heavy atom. The van der Waals surface area contributed by atoms with Gasteiger partial charge in [0.15, 0.2) is 5.92 Å². The van der Waals surface area contributed by atoms with E-state index in [4.69, 9.17) is 4.74 Å². The second-order valence-electron chi connectivity index (χ2n) is 6.18. The molecule has 0 saturated carbocycles. The molecule has 3 rings (SSSR count). The molecule has 1 atom stereocenters. The Bertz CT molecular complexity index is 953. The van der Waals surface area contributed by atoms with Crippen molar-refractivity contribution in [3.63, 3.8) is 0 Å². The molecule has 0 spiro atoms. The summed E-state index contributed by atoms with van der Waals surface area (Å²) < 4.78 is 6.55. The first-order valence-corrected chi connectivity index (χ1v) is 9.43. The van der Waals surface area contributed by atoms with Gasteiger partial charge in [-0.15, -0.1) is 0 Å². The molecule has 0 saturated heterocycles. The first kappa shape index (κ1) is 19.7. The van der Waals surface area contributed by atoms with E-state index in [-0.39, 0.29) is 11.7 Å². The number of benzene rings is 1. The van der Waals surface area contributed by atoms with Crippen LogP contribution in [0.5, 0.6) is 5.75 Å². The lowest BCUT2D eigenvalue weighted by Gasteiger charge is -2.26. The van der Waals surface area contributed by atoms with E-state index in [1.165, 1.54) is 18.7 Å². The number of thioether (sulfide) groups is 1. The van der Waals surface area contributed by atoms with Crippen molar-refractivity contribution in [1.82, 2.24) is 4.90 Å². The summed E-state index contributed by atoms with van der Waals surface area (Å²) >= 11 is 1.15. The van der Waals surface area contributed by atoms with E-state index in [2.05, 4.69) is 15.3 Å². The molecule has 4 amide bonds. The van der Waals surface area contributed by atoms with Gasteiger partial charge in [0.2, 0.25) is 11.7 Å². The summed E-state index contributed by atoms with van der Waals surface area (Å²) in [4.78, 5) is 46.8. The summed E-state index contributed by atoms with van der Waals surface area (Å²) in [6.07, 6.45) is 0. The lowest BCUT2D eigenvalue weighted by atomic mass is 10.1. The van der Waals surface area contributed by atoms with E-state index in [9.17, 15) is 14.4 Å². The van der Waals surface area contributed by atoms with Crippen molar-refractivity contribution in [3.8, 4) is 5.75 Å². The maximum absolute atomic E-state index is 12.6. The highest BCUT2D eigenvalue weighted by atomic mass is 32.2. The van der Waals surface area contributed by atoms with Crippen molar-refractivity contribution >= 4 is 52.0 Å². The van der Waals surface area contributed by atoms with Gasteiger partial charge in [0, 0.05) is 6.92 Å². The van der Waals surface area contributed by atoms with Crippen LogP contribution in [0.3, 0.4) is 0 Å². The van der Waals surface area contributed by atoms with Crippen molar-refractivity contribution in [1.29, 1.82) is 0 Å². The minimum Gasteiger partial charge on any atom is -0.495 e. The van der Waals surface area contributed by atoms with Gasteiger partial charge in [0.1, 0.15) is 10.8 Å². The topological polar surface area (TPSA) is 103 Å². The fourth-order valence-electron chi connectivity index (χ4n) is 2.87. The molecule has 0 bridgehead atoms. The summed E-state index contributed by atoms with van der Waals surface area (Å²) in [5.41, 5.74) is 0.560. The molecule has 2 aliphatic rings. The predicted molar refractivity (Wildman–Crippen MR) is 107 cm³/mol. The molecule has 9 nitrogen and oxygen atoms in total. The summed E-state index contributed by atoms with van der Waals surface area (Å²) in [5.74, 6) is -0.114. The first-order chi connectivity index (χ1) is 13.3. The normalized spacial score (nSPS) is 19.1. The number of rotatable bonds is 4. The fourth-order valence-corrected chi connectivity index (χ4v) is 3.80. The number of para-hydroxylation sites is 2. The molecule has 1 unspecified atom stereocenters. The van der Waals surface area contributed by atoms with Gasteiger partial charge in [-0.25, -0.2) is 9.79 Å². The minimum absolute atomic E-state index is 0.0442. The number of carbonyl (C=O) groups excluding carboxylic acids is 3. The number of carbonyl (C=O) groups is 3. The maximum Gasteiger partial charge on any atom is 0.445 e. The van der Waals surface area contributed by atoms with E-state index < -0.39 is 17.9 Å².